The molecular formula is C12H15NO4. The predicted octanol–water partition coefficient (Wildman–Crippen LogP) is 1.70. The third kappa shape index (κ3) is 3.55. The van der Waals surface area contributed by atoms with Crippen LogP contribution in [0.15, 0.2) is 29.0 Å². The molecule has 17 heavy (non-hydrogen) atoms. The van der Waals surface area contributed by atoms with E-state index in [0.29, 0.717) is 12.7 Å². The minimum Gasteiger partial charge on any atom is -0.478 e. The summed E-state index contributed by atoms with van der Waals surface area (Å²) in [6.07, 6.45) is 7.69. The van der Waals surface area contributed by atoms with Crippen LogP contribution in [0.5, 0.6) is 0 Å². The van der Waals surface area contributed by atoms with Crippen molar-refractivity contribution in [2.45, 2.75) is 32.3 Å². The highest BCUT2D eigenvalue weighted by molar-refractivity contribution is 6.36. The molecule has 0 bridgehead atoms. The molecule has 0 fully saturated rings. The Balaban J connectivity index is 2.78. The lowest BCUT2D eigenvalue weighted by atomic mass is 10.0. The van der Waals surface area contributed by atoms with Crippen molar-refractivity contribution in [2.75, 3.05) is 0 Å². The Kier molecular flexibility index (Phi) is 4.20. The van der Waals surface area contributed by atoms with Gasteiger partial charge in [0.25, 0.3) is 0 Å². The zero-order valence-electron chi connectivity index (χ0n) is 9.84. The van der Waals surface area contributed by atoms with Crippen molar-refractivity contribution in [1.29, 1.82) is 0 Å². The van der Waals surface area contributed by atoms with E-state index in [9.17, 15) is 9.59 Å². The Morgan fingerprint density at radius 3 is 2.71 bits per heavy atom. The van der Waals surface area contributed by atoms with Gasteiger partial charge in [-0.15, -0.1) is 0 Å². The molecule has 0 aromatic rings. The molecule has 0 radical (unpaired) electrons. The molecule has 0 spiro atoms. The Morgan fingerprint density at radius 1 is 1.53 bits per heavy atom. The van der Waals surface area contributed by atoms with Crippen LogP contribution in [0, 0.1) is 0 Å². The molecule has 0 amide bonds. The maximum Gasteiger partial charge on any atom is 0.350 e. The summed E-state index contributed by atoms with van der Waals surface area (Å²) in [6.45, 7) is 2.74. The van der Waals surface area contributed by atoms with E-state index in [-0.39, 0.29) is 5.71 Å². The van der Waals surface area contributed by atoms with E-state index in [1.54, 1.807) is 0 Å². The first-order valence-corrected chi connectivity index (χ1v) is 5.26. The minimum atomic E-state index is -1.45. The summed E-state index contributed by atoms with van der Waals surface area (Å²) >= 11 is 0. The van der Waals surface area contributed by atoms with E-state index in [1.165, 1.54) is 13.8 Å². The summed E-state index contributed by atoms with van der Waals surface area (Å²) in [5.74, 6) is -1.14. The lowest BCUT2D eigenvalue weighted by Gasteiger charge is -2.17. The number of aliphatic carboxylic acids is 1. The van der Waals surface area contributed by atoms with E-state index in [0.717, 1.165) is 12.0 Å². The monoisotopic (exact) mass is 237 g/mol. The van der Waals surface area contributed by atoms with Crippen molar-refractivity contribution in [3.8, 4) is 0 Å². The first-order valence-electron chi connectivity index (χ1n) is 5.26. The number of aldehydes is 1. The largest absolute Gasteiger partial charge is 0.478 e. The van der Waals surface area contributed by atoms with Crippen LogP contribution in [0.25, 0.3) is 0 Å². The highest BCUT2D eigenvalue weighted by Gasteiger charge is 2.30. The second kappa shape index (κ2) is 5.43. The summed E-state index contributed by atoms with van der Waals surface area (Å²) in [5.41, 5.74) is -0.549. The number of rotatable bonds is 5. The highest BCUT2D eigenvalue weighted by Crippen LogP contribution is 2.15. The van der Waals surface area contributed by atoms with Crippen molar-refractivity contribution in [2.24, 2.45) is 5.16 Å². The van der Waals surface area contributed by atoms with Crippen molar-refractivity contribution < 1.29 is 19.5 Å². The number of nitrogens with zero attached hydrogens (tertiary/aromatic N) is 1. The molecule has 0 aliphatic heterocycles. The number of carbonyl (C=O) groups is 2. The van der Waals surface area contributed by atoms with E-state index >= 15 is 0 Å². The van der Waals surface area contributed by atoms with Crippen LogP contribution in [0.1, 0.15) is 26.7 Å². The molecule has 0 aromatic carbocycles. The van der Waals surface area contributed by atoms with Gasteiger partial charge in [0.2, 0.25) is 5.60 Å². The van der Waals surface area contributed by atoms with Crippen molar-refractivity contribution in [3.05, 3.63) is 23.8 Å². The highest BCUT2D eigenvalue weighted by atomic mass is 16.7. The average molecular weight is 237 g/mol. The third-order valence-electron chi connectivity index (χ3n) is 2.33. The average Bonchev–Trinajstić information content (AvgIpc) is 2.31. The fourth-order valence-electron chi connectivity index (χ4n) is 1.17. The molecule has 0 heterocycles. The Bertz CT molecular complexity index is 405. The number of hydrogen-bond acceptors (Lipinski definition) is 4. The van der Waals surface area contributed by atoms with Gasteiger partial charge in [-0.1, -0.05) is 23.4 Å². The van der Waals surface area contributed by atoms with Crippen molar-refractivity contribution in [3.63, 3.8) is 0 Å². The van der Waals surface area contributed by atoms with Gasteiger partial charge in [-0.25, -0.2) is 4.79 Å². The fraction of sp³-hybridized carbons (Fsp3) is 0.417. The number of oxime groups is 1. The Labute approximate surface area is 99.4 Å². The smallest absolute Gasteiger partial charge is 0.350 e. The summed E-state index contributed by atoms with van der Waals surface area (Å²) in [6, 6.07) is 0. The summed E-state index contributed by atoms with van der Waals surface area (Å²) in [5, 5.41) is 12.5. The van der Waals surface area contributed by atoms with Crippen LogP contribution in [-0.2, 0) is 14.4 Å². The SMILES string of the molecule is CC(C)(ON=C(C=O)C1=CCC=CC1)C(=O)O. The molecule has 0 atom stereocenters. The zero-order valence-corrected chi connectivity index (χ0v) is 9.84. The fourth-order valence-corrected chi connectivity index (χ4v) is 1.17. The van der Waals surface area contributed by atoms with Crippen molar-refractivity contribution in [1.82, 2.24) is 0 Å². The number of carboxylic acids is 1. The quantitative estimate of drug-likeness (QED) is 0.342. The molecule has 1 N–H and O–H groups in total. The lowest BCUT2D eigenvalue weighted by molar-refractivity contribution is -0.161. The van der Waals surface area contributed by atoms with E-state index in [4.69, 9.17) is 9.94 Å². The van der Waals surface area contributed by atoms with E-state index in [2.05, 4.69) is 5.16 Å². The normalized spacial score (nSPS) is 16.4. The van der Waals surface area contributed by atoms with Gasteiger partial charge >= 0.3 is 5.97 Å². The van der Waals surface area contributed by atoms with Crippen LogP contribution >= 0.6 is 0 Å². The Morgan fingerprint density at radius 2 is 2.24 bits per heavy atom. The standard InChI is InChI=1S/C12H15NO4/c1-12(2,11(15)16)17-13-10(8-14)9-6-4-3-5-7-9/h3-4,7-8H,5-6H2,1-2H3,(H,15,16). The summed E-state index contributed by atoms with van der Waals surface area (Å²) in [4.78, 5) is 26.5. The number of hydrogen-bond donors (Lipinski definition) is 1. The lowest BCUT2D eigenvalue weighted by Crippen LogP contribution is -2.33. The first kappa shape index (κ1) is 13.2. The molecule has 5 heteroatoms. The topological polar surface area (TPSA) is 76.0 Å². The molecule has 0 saturated heterocycles. The van der Waals surface area contributed by atoms with Crippen molar-refractivity contribution >= 4 is 18.0 Å². The molecule has 0 aromatic heterocycles. The molecule has 0 unspecified atom stereocenters. The first-order chi connectivity index (χ1) is 7.97. The molecule has 1 aliphatic carbocycles. The molecular weight excluding hydrogens is 222 g/mol. The third-order valence-corrected chi connectivity index (χ3v) is 2.33. The zero-order chi connectivity index (χ0) is 12.9. The number of carbonyl (C=O) groups excluding carboxylic acids is 1. The predicted molar refractivity (Wildman–Crippen MR) is 62.8 cm³/mol. The van der Waals surface area contributed by atoms with Gasteiger partial charge in [0.1, 0.15) is 5.71 Å². The van der Waals surface area contributed by atoms with Gasteiger partial charge in [0, 0.05) is 0 Å². The molecule has 0 saturated carbocycles. The van der Waals surface area contributed by atoms with Gasteiger partial charge in [0.05, 0.1) is 0 Å². The second-order valence-electron chi connectivity index (χ2n) is 4.14. The van der Waals surface area contributed by atoms with E-state index < -0.39 is 11.6 Å². The Hall–Kier alpha value is -1.91. The van der Waals surface area contributed by atoms with Crippen LogP contribution in [0.3, 0.4) is 0 Å². The van der Waals surface area contributed by atoms with Crippen LogP contribution in [0.2, 0.25) is 0 Å². The van der Waals surface area contributed by atoms with E-state index in [1.807, 2.05) is 18.2 Å². The number of allylic oxidation sites excluding steroid dienone is 4. The van der Waals surface area contributed by atoms with Crippen LogP contribution in [0.4, 0.5) is 0 Å². The van der Waals surface area contributed by atoms with Crippen LogP contribution < -0.4 is 0 Å². The molecule has 1 aliphatic rings. The van der Waals surface area contributed by atoms with Crippen LogP contribution in [-0.4, -0.2) is 28.7 Å². The second-order valence-corrected chi connectivity index (χ2v) is 4.14. The molecule has 92 valence electrons. The van der Waals surface area contributed by atoms with Gasteiger partial charge in [-0.05, 0) is 32.3 Å². The summed E-state index contributed by atoms with van der Waals surface area (Å²) in [7, 11) is 0. The molecule has 5 nitrogen and oxygen atoms in total. The minimum absolute atomic E-state index is 0.142. The number of carboxylic acid groups (broad SMARTS) is 1. The van der Waals surface area contributed by atoms with Gasteiger partial charge < -0.3 is 9.94 Å². The maximum atomic E-state index is 10.9. The van der Waals surface area contributed by atoms with Gasteiger partial charge in [0.15, 0.2) is 6.29 Å². The molecule has 1 rings (SSSR count). The maximum absolute atomic E-state index is 10.9. The summed E-state index contributed by atoms with van der Waals surface area (Å²) < 4.78 is 0. The van der Waals surface area contributed by atoms with Gasteiger partial charge in [-0.2, -0.15) is 0 Å². The van der Waals surface area contributed by atoms with Gasteiger partial charge in [-0.3, -0.25) is 4.79 Å².